The first-order valence-electron chi connectivity index (χ1n) is 6.80. The molecule has 4 heteroatoms. The first-order valence-corrected chi connectivity index (χ1v) is 6.80. The van der Waals surface area contributed by atoms with Crippen LogP contribution in [-0.4, -0.2) is 42.5 Å². The third-order valence-corrected chi connectivity index (χ3v) is 3.74. The minimum Gasteiger partial charge on any atom is -0.353 e. The van der Waals surface area contributed by atoms with Crippen LogP contribution in [0, 0.1) is 5.92 Å². The van der Waals surface area contributed by atoms with Crippen LogP contribution in [0.3, 0.4) is 0 Å². The highest BCUT2D eigenvalue weighted by Crippen LogP contribution is 2.21. The van der Waals surface area contributed by atoms with Crippen LogP contribution in [-0.2, 0) is 4.79 Å². The third kappa shape index (κ3) is 4.64. The van der Waals surface area contributed by atoms with Gasteiger partial charge < -0.3 is 11.1 Å². The first kappa shape index (κ1) is 14.5. The van der Waals surface area contributed by atoms with Crippen LogP contribution in [0.25, 0.3) is 0 Å². The Hall–Kier alpha value is -0.610. The van der Waals surface area contributed by atoms with E-state index in [1.54, 1.807) is 0 Å². The molecule has 1 fully saturated rings. The van der Waals surface area contributed by atoms with Crippen LogP contribution in [0.2, 0.25) is 0 Å². The van der Waals surface area contributed by atoms with Crippen molar-refractivity contribution in [3.05, 3.63) is 0 Å². The topological polar surface area (TPSA) is 58.4 Å². The van der Waals surface area contributed by atoms with Gasteiger partial charge in [0.15, 0.2) is 0 Å². The normalized spacial score (nSPS) is 27.8. The SMILES string of the molecule is CCC(C)NC(=O)CN1CCC(C)CC1CN. The van der Waals surface area contributed by atoms with Crippen LogP contribution in [0.4, 0.5) is 0 Å². The smallest absolute Gasteiger partial charge is 0.234 e. The third-order valence-electron chi connectivity index (χ3n) is 3.74. The molecular formula is C13H27N3O. The Morgan fingerprint density at radius 2 is 2.29 bits per heavy atom. The fourth-order valence-corrected chi connectivity index (χ4v) is 2.36. The minimum atomic E-state index is 0.132. The summed E-state index contributed by atoms with van der Waals surface area (Å²) in [6, 6.07) is 0.643. The molecule has 1 aliphatic rings. The number of nitrogens with zero attached hydrogens (tertiary/aromatic N) is 1. The van der Waals surface area contributed by atoms with Crippen molar-refractivity contribution in [3.63, 3.8) is 0 Å². The molecule has 100 valence electrons. The Morgan fingerprint density at radius 1 is 1.59 bits per heavy atom. The van der Waals surface area contributed by atoms with E-state index in [1.165, 1.54) is 6.42 Å². The molecule has 17 heavy (non-hydrogen) atoms. The minimum absolute atomic E-state index is 0.132. The van der Waals surface area contributed by atoms with Gasteiger partial charge in [0, 0.05) is 18.6 Å². The fourth-order valence-electron chi connectivity index (χ4n) is 2.36. The fraction of sp³-hybridized carbons (Fsp3) is 0.923. The molecule has 1 heterocycles. The van der Waals surface area contributed by atoms with Crippen molar-refractivity contribution in [2.45, 2.75) is 52.1 Å². The van der Waals surface area contributed by atoms with E-state index >= 15 is 0 Å². The first-order chi connectivity index (χ1) is 8.06. The number of piperidine rings is 1. The Kier molecular flexibility index (Phi) is 5.92. The number of carbonyl (C=O) groups is 1. The number of hydrogen-bond acceptors (Lipinski definition) is 3. The summed E-state index contributed by atoms with van der Waals surface area (Å²) >= 11 is 0. The van der Waals surface area contributed by atoms with Crippen LogP contribution < -0.4 is 11.1 Å². The van der Waals surface area contributed by atoms with Gasteiger partial charge in [-0.3, -0.25) is 9.69 Å². The van der Waals surface area contributed by atoms with Crippen molar-refractivity contribution in [2.75, 3.05) is 19.6 Å². The highest BCUT2D eigenvalue weighted by molar-refractivity contribution is 5.78. The van der Waals surface area contributed by atoms with Crippen molar-refractivity contribution in [2.24, 2.45) is 11.7 Å². The van der Waals surface area contributed by atoms with Crippen LogP contribution in [0.1, 0.15) is 40.0 Å². The van der Waals surface area contributed by atoms with Gasteiger partial charge in [0.05, 0.1) is 6.54 Å². The van der Waals surface area contributed by atoms with Crippen molar-refractivity contribution >= 4 is 5.91 Å². The van der Waals surface area contributed by atoms with Gasteiger partial charge in [0.1, 0.15) is 0 Å². The highest BCUT2D eigenvalue weighted by atomic mass is 16.2. The zero-order valence-corrected chi connectivity index (χ0v) is 11.4. The molecule has 0 aromatic carbocycles. The molecule has 3 N–H and O–H groups in total. The Balaban J connectivity index is 2.41. The molecule has 1 aliphatic heterocycles. The van der Waals surface area contributed by atoms with Crippen LogP contribution in [0.15, 0.2) is 0 Å². The number of nitrogens with one attached hydrogen (secondary N) is 1. The average Bonchev–Trinajstić information content (AvgIpc) is 2.31. The van der Waals surface area contributed by atoms with Crippen molar-refractivity contribution in [1.29, 1.82) is 0 Å². The van der Waals surface area contributed by atoms with E-state index in [9.17, 15) is 4.79 Å². The van der Waals surface area contributed by atoms with Gasteiger partial charge in [0.2, 0.25) is 5.91 Å². The van der Waals surface area contributed by atoms with E-state index in [2.05, 4.69) is 24.1 Å². The molecule has 0 saturated carbocycles. The molecular weight excluding hydrogens is 214 g/mol. The number of rotatable bonds is 5. The maximum Gasteiger partial charge on any atom is 0.234 e. The number of carbonyl (C=O) groups excluding carboxylic acids is 1. The predicted molar refractivity (Wildman–Crippen MR) is 70.7 cm³/mol. The lowest BCUT2D eigenvalue weighted by molar-refractivity contribution is -0.123. The molecule has 3 atom stereocenters. The van der Waals surface area contributed by atoms with E-state index in [0.717, 1.165) is 25.3 Å². The Morgan fingerprint density at radius 3 is 2.88 bits per heavy atom. The summed E-state index contributed by atoms with van der Waals surface area (Å²) < 4.78 is 0. The molecule has 1 saturated heterocycles. The van der Waals surface area contributed by atoms with Gasteiger partial charge in [-0.15, -0.1) is 0 Å². The lowest BCUT2D eigenvalue weighted by atomic mass is 9.92. The maximum atomic E-state index is 11.8. The van der Waals surface area contributed by atoms with Crippen molar-refractivity contribution in [1.82, 2.24) is 10.2 Å². The molecule has 0 bridgehead atoms. The predicted octanol–water partition coefficient (Wildman–Crippen LogP) is 0.960. The number of hydrogen-bond donors (Lipinski definition) is 2. The molecule has 0 aromatic rings. The van der Waals surface area contributed by atoms with E-state index < -0.39 is 0 Å². The van der Waals surface area contributed by atoms with Crippen LogP contribution >= 0.6 is 0 Å². The number of nitrogens with two attached hydrogens (primary N) is 1. The second-order valence-electron chi connectivity index (χ2n) is 5.37. The lowest BCUT2D eigenvalue weighted by Gasteiger charge is -2.37. The lowest BCUT2D eigenvalue weighted by Crippen LogP contribution is -2.50. The monoisotopic (exact) mass is 241 g/mol. The standard InChI is InChI=1S/C13H27N3O/c1-4-11(3)15-13(17)9-16-6-5-10(2)7-12(16)8-14/h10-12H,4-9,14H2,1-3H3,(H,15,17). The summed E-state index contributed by atoms with van der Waals surface area (Å²) in [5, 5.41) is 3.01. The van der Waals surface area contributed by atoms with Gasteiger partial charge in [-0.05, 0) is 38.6 Å². The van der Waals surface area contributed by atoms with Gasteiger partial charge in [-0.1, -0.05) is 13.8 Å². The van der Waals surface area contributed by atoms with Crippen molar-refractivity contribution < 1.29 is 4.79 Å². The Labute approximate surface area is 105 Å². The summed E-state index contributed by atoms with van der Waals surface area (Å²) in [4.78, 5) is 14.1. The van der Waals surface area contributed by atoms with E-state index in [1.807, 2.05) is 6.92 Å². The molecule has 0 aromatic heterocycles. The summed E-state index contributed by atoms with van der Waals surface area (Å²) in [6.45, 7) is 8.53. The maximum absolute atomic E-state index is 11.8. The molecule has 0 radical (unpaired) electrons. The van der Waals surface area contributed by atoms with Gasteiger partial charge >= 0.3 is 0 Å². The molecule has 1 amide bonds. The highest BCUT2D eigenvalue weighted by Gasteiger charge is 2.26. The number of likely N-dealkylation sites (tertiary alicyclic amines) is 1. The average molecular weight is 241 g/mol. The van der Waals surface area contributed by atoms with Crippen LogP contribution in [0.5, 0.6) is 0 Å². The van der Waals surface area contributed by atoms with Crippen molar-refractivity contribution in [3.8, 4) is 0 Å². The second-order valence-corrected chi connectivity index (χ2v) is 5.37. The summed E-state index contributed by atoms with van der Waals surface area (Å²) in [5.41, 5.74) is 5.79. The second kappa shape index (κ2) is 6.97. The Bertz CT molecular complexity index is 245. The zero-order chi connectivity index (χ0) is 12.8. The van der Waals surface area contributed by atoms with E-state index in [4.69, 9.17) is 5.73 Å². The summed E-state index contributed by atoms with van der Waals surface area (Å²) in [5.74, 6) is 0.866. The van der Waals surface area contributed by atoms with E-state index in [0.29, 0.717) is 19.1 Å². The molecule has 4 nitrogen and oxygen atoms in total. The van der Waals surface area contributed by atoms with Gasteiger partial charge in [-0.2, -0.15) is 0 Å². The zero-order valence-electron chi connectivity index (χ0n) is 11.4. The summed E-state index contributed by atoms with van der Waals surface area (Å²) in [7, 11) is 0. The quantitative estimate of drug-likeness (QED) is 0.754. The molecule has 0 spiro atoms. The summed E-state index contributed by atoms with van der Waals surface area (Å²) in [6.07, 6.45) is 3.27. The van der Waals surface area contributed by atoms with E-state index in [-0.39, 0.29) is 11.9 Å². The molecule has 0 aliphatic carbocycles. The van der Waals surface area contributed by atoms with Gasteiger partial charge in [-0.25, -0.2) is 0 Å². The van der Waals surface area contributed by atoms with Gasteiger partial charge in [0.25, 0.3) is 0 Å². The molecule has 1 rings (SSSR count). The number of amides is 1. The largest absolute Gasteiger partial charge is 0.353 e. The molecule has 3 unspecified atom stereocenters.